The maximum Gasteiger partial charge on any atom is 0.285 e. The Labute approximate surface area is 278 Å². The maximum absolute atomic E-state index is 14.5. The zero-order chi connectivity index (χ0) is 33.4. The van der Waals surface area contributed by atoms with Crippen LogP contribution in [0.1, 0.15) is 111 Å². The van der Waals surface area contributed by atoms with Crippen molar-refractivity contribution in [2.45, 2.75) is 117 Å². The minimum absolute atomic E-state index is 0.0159. The first-order valence-electron chi connectivity index (χ1n) is 17.4. The molecule has 1 aliphatic heterocycles. The van der Waals surface area contributed by atoms with Crippen LogP contribution in [0, 0.1) is 45.8 Å². The Balaban J connectivity index is 1.29. The van der Waals surface area contributed by atoms with Gasteiger partial charge in [0.05, 0.1) is 18.1 Å². The van der Waals surface area contributed by atoms with E-state index in [1.165, 1.54) is 6.42 Å². The lowest BCUT2D eigenvalue weighted by Crippen LogP contribution is -2.51. The largest absolute Gasteiger partial charge is 0.468 e. The predicted molar refractivity (Wildman–Crippen MR) is 178 cm³/mol. The van der Waals surface area contributed by atoms with Gasteiger partial charge in [0.15, 0.2) is 5.78 Å². The molecule has 9 heteroatoms. The van der Waals surface area contributed by atoms with Crippen LogP contribution >= 0.6 is 11.8 Å². The van der Waals surface area contributed by atoms with Crippen molar-refractivity contribution < 1.29 is 28.4 Å². The summed E-state index contributed by atoms with van der Waals surface area (Å²) in [6, 6.07) is 3.24. The molecule has 46 heavy (non-hydrogen) atoms. The van der Waals surface area contributed by atoms with Crippen LogP contribution in [0.15, 0.2) is 22.8 Å². The maximum atomic E-state index is 14.5. The summed E-state index contributed by atoms with van der Waals surface area (Å²) in [4.78, 5) is 68.7. The van der Waals surface area contributed by atoms with Crippen LogP contribution in [-0.2, 0) is 29.7 Å². The van der Waals surface area contributed by atoms with Crippen LogP contribution < -0.4 is 5.73 Å². The van der Waals surface area contributed by atoms with Gasteiger partial charge in [0, 0.05) is 37.6 Å². The number of carbonyl (C=O) groups excluding carboxylic acids is 5. The van der Waals surface area contributed by atoms with E-state index in [0.29, 0.717) is 25.3 Å². The minimum atomic E-state index is -0.996. The molecule has 1 aromatic heterocycles. The number of ketones is 3. The Morgan fingerprint density at radius 1 is 1.07 bits per heavy atom. The van der Waals surface area contributed by atoms with Gasteiger partial charge < -0.3 is 15.1 Å². The molecule has 1 aromatic rings. The van der Waals surface area contributed by atoms with Crippen molar-refractivity contribution in [3.8, 4) is 0 Å². The molecule has 5 atom stereocenters. The van der Waals surface area contributed by atoms with Crippen LogP contribution in [-0.4, -0.2) is 52.4 Å². The molecule has 254 valence electrons. The quantitative estimate of drug-likeness (QED) is 0.205. The molecule has 0 bridgehead atoms. The third-order valence-corrected chi connectivity index (χ3v) is 13.0. The van der Waals surface area contributed by atoms with Crippen LogP contribution in [0.4, 0.5) is 0 Å². The van der Waals surface area contributed by atoms with E-state index in [0.717, 1.165) is 55.8 Å². The second-order valence-corrected chi connectivity index (χ2v) is 17.6. The van der Waals surface area contributed by atoms with E-state index in [-0.39, 0.29) is 53.0 Å². The summed E-state index contributed by atoms with van der Waals surface area (Å²) in [6.45, 7) is 10.8. The van der Waals surface area contributed by atoms with Gasteiger partial charge in [-0.3, -0.25) is 24.0 Å². The number of piperidine rings is 1. The number of primary amides is 1. The number of rotatable bonds is 16. The van der Waals surface area contributed by atoms with Crippen LogP contribution in [0.25, 0.3) is 0 Å². The summed E-state index contributed by atoms with van der Waals surface area (Å²) in [7, 11) is 0. The zero-order valence-electron chi connectivity index (χ0n) is 28.5. The minimum Gasteiger partial charge on any atom is -0.468 e. The number of nitrogens with zero attached hydrogens (tertiary/aromatic N) is 1. The fraction of sp³-hybridized carbons (Fsp3) is 0.757. The van der Waals surface area contributed by atoms with E-state index in [4.69, 9.17) is 10.2 Å². The van der Waals surface area contributed by atoms with E-state index >= 15 is 0 Å². The first-order valence-corrected chi connectivity index (χ1v) is 18.6. The van der Waals surface area contributed by atoms with Gasteiger partial charge in [0.1, 0.15) is 11.5 Å². The van der Waals surface area contributed by atoms with Crippen molar-refractivity contribution in [3.05, 3.63) is 24.2 Å². The summed E-state index contributed by atoms with van der Waals surface area (Å²) in [5.41, 5.74) is 4.75. The molecule has 0 aromatic carbocycles. The SMILES string of the molecule is CC(C)(C)[C@H](CC(=O)CC1(CSCc2ccco2)CCCCC1)C(=O)N1CC2[C@@H]([C@H]1C(=O)CC(CC1CC1)C(=O)C(N)=O)C2(C)C. The standard InChI is InChI=1S/C37H54N2O6S/c1-35(2,3)27(18-25(40)19-37(13-7-6-8-14-37)22-46-21-26-10-9-15-45-26)34(44)39-20-28-30(36(28,4)5)31(39)29(41)17-24(16-23-11-12-23)32(42)33(38)43/h9-10,15,23-24,27-28,30-31H,6-8,11-14,16-22H2,1-5H3,(H2,38,43)/t24?,27-,28?,30+,31-/m1/s1. The highest BCUT2D eigenvalue weighted by Crippen LogP contribution is 2.65. The van der Waals surface area contributed by atoms with Gasteiger partial charge in [-0.25, -0.2) is 0 Å². The smallest absolute Gasteiger partial charge is 0.285 e. The number of thioether (sulfide) groups is 1. The number of fused-ring (bicyclic) bond motifs is 1. The summed E-state index contributed by atoms with van der Waals surface area (Å²) >= 11 is 1.82. The van der Waals surface area contributed by atoms with E-state index < -0.39 is 35.0 Å². The van der Waals surface area contributed by atoms with Crippen LogP contribution in [0.5, 0.6) is 0 Å². The summed E-state index contributed by atoms with van der Waals surface area (Å²) in [5, 5.41) is 0. The van der Waals surface area contributed by atoms with Gasteiger partial charge in [0.25, 0.3) is 5.91 Å². The number of amides is 2. The summed E-state index contributed by atoms with van der Waals surface area (Å²) in [5.74, 6) is 0.0507. The second kappa shape index (κ2) is 13.6. The lowest BCUT2D eigenvalue weighted by atomic mass is 9.70. The second-order valence-electron chi connectivity index (χ2n) is 16.6. The highest BCUT2D eigenvalue weighted by molar-refractivity contribution is 7.98. The molecule has 0 radical (unpaired) electrons. The average molecular weight is 655 g/mol. The molecule has 3 saturated carbocycles. The van der Waals surface area contributed by atoms with E-state index in [2.05, 4.69) is 13.8 Å². The van der Waals surface area contributed by atoms with Crippen molar-refractivity contribution in [2.75, 3.05) is 12.3 Å². The molecular formula is C37H54N2O6S. The number of hydrogen-bond donors (Lipinski definition) is 1. The molecule has 0 spiro atoms. The van der Waals surface area contributed by atoms with E-state index in [1.807, 2.05) is 44.7 Å². The van der Waals surface area contributed by atoms with Crippen molar-refractivity contribution in [3.63, 3.8) is 0 Å². The normalized spacial score (nSPS) is 26.2. The Morgan fingerprint density at radius 3 is 2.35 bits per heavy atom. The Kier molecular flexibility index (Phi) is 10.3. The predicted octanol–water partition coefficient (Wildman–Crippen LogP) is 6.39. The monoisotopic (exact) mass is 654 g/mol. The first-order chi connectivity index (χ1) is 21.6. The first kappa shape index (κ1) is 34.9. The van der Waals surface area contributed by atoms with Crippen LogP contribution in [0.3, 0.4) is 0 Å². The Hall–Kier alpha value is -2.42. The van der Waals surface area contributed by atoms with E-state index in [1.54, 1.807) is 11.2 Å². The molecule has 1 saturated heterocycles. The fourth-order valence-electron chi connectivity index (χ4n) is 8.61. The van der Waals surface area contributed by atoms with Gasteiger partial charge in [-0.1, -0.05) is 66.7 Å². The third kappa shape index (κ3) is 7.82. The summed E-state index contributed by atoms with van der Waals surface area (Å²) in [6.07, 6.45) is 10.2. The average Bonchev–Trinajstić information content (AvgIpc) is 3.69. The lowest BCUT2D eigenvalue weighted by Gasteiger charge is -2.39. The molecule has 2 amide bonds. The molecule has 2 unspecified atom stereocenters. The molecule has 4 aliphatic rings. The topological polar surface area (TPSA) is 128 Å². The molecule has 2 N–H and O–H groups in total. The fourth-order valence-corrected chi connectivity index (χ4v) is 9.90. The van der Waals surface area contributed by atoms with Crippen molar-refractivity contribution in [1.29, 1.82) is 0 Å². The van der Waals surface area contributed by atoms with Gasteiger partial charge in [0.2, 0.25) is 11.7 Å². The number of hydrogen-bond acceptors (Lipinski definition) is 7. The zero-order valence-corrected chi connectivity index (χ0v) is 29.3. The van der Waals surface area contributed by atoms with Crippen molar-refractivity contribution in [2.24, 2.45) is 51.6 Å². The van der Waals surface area contributed by atoms with Crippen molar-refractivity contribution >= 4 is 40.9 Å². The molecule has 2 heterocycles. The summed E-state index contributed by atoms with van der Waals surface area (Å²) < 4.78 is 5.52. The van der Waals surface area contributed by atoms with Gasteiger partial charge in [-0.05, 0) is 71.1 Å². The molecule has 4 fully saturated rings. The lowest BCUT2D eigenvalue weighted by molar-refractivity contribution is -0.148. The van der Waals surface area contributed by atoms with Crippen LogP contribution in [0.2, 0.25) is 0 Å². The number of Topliss-reactive ketones (excluding diaryl/α,β-unsaturated/α-hetero) is 3. The molecule has 5 rings (SSSR count). The highest BCUT2D eigenvalue weighted by atomic mass is 32.2. The number of likely N-dealkylation sites (tertiary alicyclic amines) is 1. The van der Waals surface area contributed by atoms with Gasteiger partial charge in [-0.2, -0.15) is 11.8 Å². The third-order valence-electron chi connectivity index (χ3n) is 11.7. The van der Waals surface area contributed by atoms with E-state index in [9.17, 15) is 24.0 Å². The number of furan rings is 1. The van der Waals surface area contributed by atoms with Gasteiger partial charge >= 0.3 is 0 Å². The molecule has 8 nitrogen and oxygen atoms in total. The molecular weight excluding hydrogens is 600 g/mol. The van der Waals surface area contributed by atoms with Crippen molar-refractivity contribution in [1.82, 2.24) is 4.90 Å². The number of carbonyl (C=O) groups is 5. The Bertz CT molecular complexity index is 1300. The number of nitrogens with two attached hydrogens (primary N) is 1. The highest BCUT2D eigenvalue weighted by Gasteiger charge is 2.69. The Morgan fingerprint density at radius 2 is 1.76 bits per heavy atom. The van der Waals surface area contributed by atoms with Gasteiger partial charge in [-0.15, -0.1) is 0 Å². The molecule has 3 aliphatic carbocycles.